The van der Waals surface area contributed by atoms with Crippen molar-refractivity contribution in [1.29, 1.82) is 0 Å². The molecule has 3 heterocycles. The number of carbonyl (C=O) groups is 2. The first-order chi connectivity index (χ1) is 11.9. The number of nitrogens with one attached hydrogen (secondary N) is 1. The molecule has 25 heavy (non-hydrogen) atoms. The number of rotatable bonds is 4. The molecule has 0 bridgehead atoms. The molecule has 2 amide bonds. The molecule has 2 aromatic rings. The molecular weight excluding hydrogens is 356 g/mol. The second-order valence-electron chi connectivity index (χ2n) is 6.47. The Labute approximate surface area is 155 Å². The van der Waals surface area contributed by atoms with Crippen LogP contribution in [0.2, 0.25) is 0 Å². The number of nitrogens with two attached hydrogens (primary N) is 1. The normalized spacial score (nSPS) is 20.5. The van der Waals surface area contributed by atoms with Gasteiger partial charge in [0.1, 0.15) is 5.69 Å². The van der Waals surface area contributed by atoms with E-state index in [0.717, 1.165) is 29.3 Å². The maximum Gasteiger partial charge on any atom is 0.270 e. The zero-order chi connectivity index (χ0) is 18.0. The molecule has 0 saturated carbocycles. The second-order valence-corrected chi connectivity index (χ2v) is 8.65. The van der Waals surface area contributed by atoms with Crippen LogP contribution in [0.15, 0.2) is 17.5 Å². The van der Waals surface area contributed by atoms with Crippen molar-refractivity contribution in [1.82, 2.24) is 15.2 Å². The minimum absolute atomic E-state index is 0.116. The number of anilines is 1. The number of aromatic nitrogens is 1. The number of piperidine rings is 1. The third-order valence-electron chi connectivity index (χ3n) is 4.60. The molecule has 3 N–H and O–H groups in total. The first kappa shape index (κ1) is 17.9. The van der Waals surface area contributed by atoms with E-state index in [4.69, 9.17) is 5.73 Å². The van der Waals surface area contributed by atoms with Crippen LogP contribution in [0, 0.1) is 18.8 Å². The summed E-state index contributed by atoms with van der Waals surface area (Å²) in [7, 11) is 0. The van der Waals surface area contributed by atoms with Gasteiger partial charge in [0.15, 0.2) is 5.13 Å². The Balaban J connectivity index is 1.51. The fourth-order valence-corrected chi connectivity index (χ4v) is 4.47. The molecule has 1 saturated heterocycles. The summed E-state index contributed by atoms with van der Waals surface area (Å²) in [6, 6.07) is 3.88. The summed E-state index contributed by atoms with van der Waals surface area (Å²) in [4.78, 5) is 32.5. The molecule has 8 heteroatoms. The highest BCUT2D eigenvalue weighted by Gasteiger charge is 2.30. The standard InChI is InChI=1S/C17H22N4O2S2/c1-10-8-21(16(23)14-4-3-11(2)25-14)6-5-12(10)7-19-15(22)13-9-24-17(18)20-13/h3-4,9-10,12H,5-8H2,1-2H3,(H2,18,20)(H,19,22). The van der Waals surface area contributed by atoms with Crippen molar-refractivity contribution in [3.8, 4) is 0 Å². The summed E-state index contributed by atoms with van der Waals surface area (Å²) < 4.78 is 0. The van der Waals surface area contributed by atoms with Crippen molar-refractivity contribution < 1.29 is 9.59 Å². The van der Waals surface area contributed by atoms with E-state index in [2.05, 4.69) is 17.2 Å². The first-order valence-electron chi connectivity index (χ1n) is 8.29. The number of likely N-dealkylation sites (tertiary alicyclic amines) is 1. The SMILES string of the molecule is Cc1ccc(C(=O)N2CCC(CNC(=O)c3csc(N)n3)C(C)C2)s1. The fourth-order valence-electron chi connectivity index (χ4n) is 3.09. The molecule has 1 aliphatic rings. The zero-order valence-corrected chi connectivity index (χ0v) is 16.0. The molecule has 0 aliphatic carbocycles. The molecule has 0 aromatic carbocycles. The Bertz CT molecular complexity index is 770. The molecular formula is C17H22N4O2S2. The van der Waals surface area contributed by atoms with Crippen molar-refractivity contribution in [2.24, 2.45) is 11.8 Å². The van der Waals surface area contributed by atoms with Gasteiger partial charge in [-0.2, -0.15) is 0 Å². The van der Waals surface area contributed by atoms with E-state index in [1.807, 2.05) is 24.0 Å². The number of hydrogen-bond acceptors (Lipinski definition) is 6. The van der Waals surface area contributed by atoms with Gasteiger partial charge >= 0.3 is 0 Å². The van der Waals surface area contributed by atoms with E-state index < -0.39 is 0 Å². The third kappa shape index (κ3) is 4.19. The molecule has 0 radical (unpaired) electrons. The number of carbonyl (C=O) groups excluding carboxylic acids is 2. The highest BCUT2D eigenvalue weighted by molar-refractivity contribution is 7.14. The number of nitrogen functional groups attached to an aromatic ring is 1. The largest absolute Gasteiger partial charge is 0.375 e. The van der Waals surface area contributed by atoms with Crippen LogP contribution in [0.1, 0.15) is 38.4 Å². The maximum absolute atomic E-state index is 12.6. The van der Waals surface area contributed by atoms with Crippen molar-refractivity contribution in [3.63, 3.8) is 0 Å². The summed E-state index contributed by atoms with van der Waals surface area (Å²) in [6.07, 6.45) is 0.886. The molecule has 2 aromatic heterocycles. The van der Waals surface area contributed by atoms with Gasteiger partial charge in [0.25, 0.3) is 11.8 Å². The average Bonchev–Trinajstić information content (AvgIpc) is 3.21. The lowest BCUT2D eigenvalue weighted by molar-refractivity contribution is 0.0609. The Hall–Kier alpha value is -1.93. The smallest absolute Gasteiger partial charge is 0.270 e. The molecule has 2 unspecified atom stereocenters. The summed E-state index contributed by atoms with van der Waals surface area (Å²) in [5.41, 5.74) is 5.93. The van der Waals surface area contributed by atoms with E-state index in [0.29, 0.717) is 29.2 Å². The molecule has 1 aliphatic heterocycles. The van der Waals surface area contributed by atoms with E-state index in [1.165, 1.54) is 11.3 Å². The molecule has 134 valence electrons. The minimum atomic E-state index is -0.187. The lowest BCUT2D eigenvalue weighted by Crippen LogP contribution is -2.45. The number of nitrogens with zero attached hydrogens (tertiary/aromatic N) is 2. The molecule has 2 atom stereocenters. The first-order valence-corrected chi connectivity index (χ1v) is 9.98. The number of thiazole rings is 1. The number of hydrogen-bond donors (Lipinski definition) is 2. The lowest BCUT2D eigenvalue weighted by atomic mass is 9.86. The van der Waals surface area contributed by atoms with Gasteiger partial charge in [-0.05, 0) is 37.3 Å². The van der Waals surface area contributed by atoms with E-state index in [1.54, 1.807) is 16.7 Å². The van der Waals surface area contributed by atoms with Gasteiger partial charge in [-0.25, -0.2) is 4.98 Å². The van der Waals surface area contributed by atoms with Crippen LogP contribution in [-0.2, 0) is 0 Å². The monoisotopic (exact) mass is 378 g/mol. The van der Waals surface area contributed by atoms with Gasteiger partial charge in [0, 0.05) is 29.9 Å². The van der Waals surface area contributed by atoms with Gasteiger partial charge in [0.2, 0.25) is 0 Å². The Morgan fingerprint density at radius 2 is 2.24 bits per heavy atom. The van der Waals surface area contributed by atoms with Crippen LogP contribution < -0.4 is 11.1 Å². The predicted octanol–water partition coefficient (Wildman–Crippen LogP) is 2.62. The van der Waals surface area contributed by atoms with Crippen LogP contribution >= 0.6 is 22.7 Å². The highest BCUT2D eigenvalue weighted by atomic mass is 32.1. The van der Waals surface area contributed by atoms with Crippen molar-refractivity contribution >= 4 is 39.6 Å². The van der Waals surface area contributed by atoms with Gasteiger partial charge in [0.05, 0.1) is 4.88 Å². The van der Waals surface area contributed by atoms with E-state index in [-0.39, 0.29) is 11.8 Å². The Morgan fingerprint density at radius 3 is 2.84 bits per heavy atom. The van der Waals surface area contributed by atoms with E-state index in [9.17, 15) is 9.59 Å². The van der Waals surface area contributed by atoms with Gasteiger partial charge in [-0.15, -0.1) is 22.7 Å². The lowest BCUT2D eigenvalue weighted by Gasteiger charge is -2.36. The molecule has 1 fully saturated rings. The average molecular weight is 379 g/mol. The van der Waals surface area contributed by atoms with E-state index >= 15 is 0 Å². The zero-order valence-electron chi connectivity index (χ0n) is 14.3. The quantitative estimate of drug-likeness (QED) is 0.856. The maximum atomic E-state index is 12.6. The third-order valence-corrected chi connectivity index (χ3v) is 6.26. The molecule has 3 rings (SSSR count). The van der Waals surface area contributed by atoms with Crippen LogP contribution in [0.4, 0.5) is 5.13 Å². The minimum Gasteiger partial charge on any atom is -0.375 e. The van der Waals surface area contributed by atoms with Crippen molar-refractivity contribution in [2.45, 2.75) is 20.3 Å². The van der Waals surface area contributed by atoms with Gasteiger partial charge < -0.3 is 16.0 Å². The van der Waals surface area contributed by atoms with Gasteiger partial charge in [-0.1, -0.05) is 6.92 Å². The Morgan fingerprint density at radius 1 is 1.44 bits per heavy atom. The topological polar surface area (TPSA) is 88.3 Å². The fraction of sp³-hybridized carbons (Fsp3) is 0.471. The second kappa shape index (κ2) is 7.53. The molecule has 6 nitrogen and oxygen atoms in total. The van der Waals surface area contributed by atoms with Crippen molar-refractivity contribution in [2.75, 3.05) is 25.4 Å². The summed E-state index contributed by atoms with van der Waals surface area (Å²) in [5, 5.41) is 5.00. The van der Waals surface area contributed by atoms with Crippen LogP contribution in [0.3, 0.4) is 0 Å². The van der Waals surface area contributed by atoms with Gasteiger partial charge in [-0.3, -0.25) is 9.59 Å². The number of thiophene rings is 1. The number of aryl methyl sites for hydroxylation is 1. The van der Waals surface area contributed by atoms with Crippen LogP contribution in [0.5, 0.6) is 0 Å². The van der Waals surface area contributed by atoms with Crippen LogP contribution in [-0.4, -0.2) is 41.3 Å². The highest BCUT2D eigenvalue weighted by Crippen LogP contribution is 2.26. The summed E-state index contributed by atoms with van der Waals surface area (Å²) >= 11 is 2.80. The Kier molecular flexibility index (Phi) is 5.39. The molecule has 0 spiro atoms. The van der Waals surface area contributed by atoms with Crippen LogP contribution in [0.25, 0.3) is 0 Å². The predicted molar refractivity (Wildman–Crippen MR) is 101 cm³/mol. The summed E-state index contributed by atoms with van der Waals surface area (Å²) in [6.45, 7) is 6.19. The summed E-state index contributed by atoms with van der Waals surface area (Å²) in [5.74, 6) is 0.617. The number of amides is 2. The van der Waals surface area contributed by atoms with Crippen molar-refractivity contribution in [3.05, 3.63) is 33.0 Å².